The molecular weight excluding hydrogens is 222 g/mol. The number of benzene rings is 1. The molecule has 2 heteroatoms. The minimum absolute atomic E-state index is 0.0609. The van der Waals surface area contributed by atoms with Crippen molar-refractivity contribution in [3.05, 3.63) is 35.4 Å². The van der Waals surface area contributed by atoms with Crippen LogP contribution in [0.3, 0.4) is 0 Å². The Hall–Kier alpha value is -0.860. The van der Waals surface area contributed by atoms with Crippen molar-refractivity contribution in [2.45, 2.75) is 57.6 Å². The third kappa shape index (κ3) is 2.60. The van der Waals surface area contributed by atoms with E-state index in [0.29, 0.717) is 12.5 Å². The van der Waals surface area contributed by atoms with E-state index in [1.165, 1.54) is 30.4 Å². The lowest BCUT2D eigenvalue weighted by Crippen LogP contribution is -2.39. The van der Waals surface area contributed by atoms with Gasteiger partial charge in [0.1, 0.15) is 0 Å². The van der Waals surface area contributed by atoms with Gasteiger partial charge in [0.2, 0.25) is 0 Å². The van der Waals surface area contributed by atoms with Gasteiger partial charge in [-0.1, -0.05) is 30.7 Å². The fourth-order valence-electron chi connectivity index (χ4n) is 2.72. The van der Waals surface area contributed by atoms with Crippen molar-refractivity contribution in [2.75, 3.05) is 6.61 Å². The van der Waals surface area contributed by atoms with Crippen LogP contribution in [0.15, 0.2) is 24.3 Å². The van der Waals surface area contributed by atoms with E-state index in [1.807, 2.05) is 6.92 Å². The third-order valence-corrected chi connectivity index (χ3v) is 4.14. The molecule has 2 rings (SSSR count). The van der Waals surface area contributed by atoms with E-state index in [2.05, 4.69) is 38.1 Å². The average Bonchev–Trinajstić information content (AvgIpc) is 2.26. The maximum atomic E-state index is 6.45. The molecule has 0 heterocycles. The molecule has 100 valence electrons. The summed E-state index contributed by atoms with van der Waals surface area (Å²) < 4.78 is 5.81. The second-order valence-corrected chi connectivity index (χ2v) is 5.77. The van der Waals surface area contributed by atoms with Crippen LogP contribution in [-0.4, -0.2) is 12.2 Å². The topological polar surface area (TPSA) is 35.2 Å². The van der Waals surface area contributed by atoms with E-state index >= 15 is 0 Å². The number of nitrogens with two attached hydrogens (primary N) is 1. The summed E-state index contributed by atoms with van der Waals surface area (Å²) in [5.41, 5.74) is 8.84. The lowest BCUT2D eigenvalue weighted by molar-refractivity contribution is -0.0301. The van der Waals surface area contributed by atoms with Gasteiger partial charge in [-0.3, -0.25) is 0 Å². The fourth-order valence-corrected chi connectivity index (χ4v) is 2.72. The number of ether oxygens (including phenoxy) is 1. The molecular formula is C16H25NO. The van der Waals surface area contributed by atoms with Crippen LogP contribution >= 0.6 is 0 Å². The summed E-state index contributed by atoms with van der Waals surface area (Å²) in [5, 5.41) is 0. The van der Waals surface area contributed by atoms with Gasteiger partial charge in [0, 0.05) is 6.61 Å². The summed E-state index contributed by atoms with van der Waals surface area (Å²) in [7, 11) is 0. The van der Waals surface area contributed by atoms with Crippen molar-refractivity contribution in [2.24, 2.45) is 5.73 Å². The molecule has 1 aromatic rings. The molecule has 1 aromatic carbocycles. The van der Waals surface area contributed by atoms with Crippen LogP contribution < -0.4 is 5.73 Å². The Morgan fingerprint density at radius 1 is 1.33 bits per heavy atom. The Morgan fingerprint density at radius 3 is 2.56 bits per heavy atom. The summed E-state index contributed by atoms with van der Waals surface area (Å²) in [6, 6.07) is 8.55. The molecule has 1 aliphatic carbocycles. The Labute approximate surface area is 111 Å². The van der Waals surface area contributed by atoms with E-state index in [-0.39, 0.29) is 11.6 Å². The molecule has 2 nitrogen and oxygen atoms in total. The van der Waals surface area contributed by atoms with Crippen LogP contribution in [0.4, 0.5) is 0 Å². The zero-order chi connectivity index (χ0) is 13.2. The molecule has 18 heavy (non-hydrogen) atoms. The van der Waals surface area contributed by atoms with Gasteiger partial charge in [0.25, 0.3) is 0 Å². The Bertz CT molecular complexity index is 396. The van der Waals surface area contributed by atoms with Gasteiger partial charge in [-0.05, 0) is 50.7 Å². The minimum Gasteiger partial charge on any atom is -0.374 e. The van der Waals surface area contributed by atoms with Crippen LogP contribution in [0.2, 0.25) is 0 Å². The van der Waals surface area contributed by atoms with E-state index in [1.54, 1.807) is 0 Å². The van der Waals surface area contributed by atoms with E-state index in [9.17, 15) is 0 Å². The largest absolute Gasteiger partial charge is 0.374 e. The normalized spacial score (nSPS) is 18.4. The van der Waals surface area contributed by atoms with Crippen LogP contribution in [0, 0.1) is 0 Å². The van der Waals surface area contributed by atoms with E-state index in [4.69, 9.17) is 10.5 Å². The van der Waals surface area contributed by atoms with Crippen molar-refractivity contribution in [3.63, 3.8) is 0 Å². The fraction of sp³-hybridized carbons (Fsp3) is 0.625. The molecule has 0 bridgehead atoms. The predicted molar refractivity (Wildman–Crippen MR) is 75.7 cm³/mol. The molecule has 0 saturated heterocycles. The highest BCUT2D eigenvalue weighted by Crippen LogP contribution is 2.41. The zero-order valence-corrected chi connectivity index (χ0v) is 11.8. The van der Waals surface area contributed by atoms with Gasteiger partial charge >= 0.3 is 0 Å². The SMILES string of the molecule is CCOC(C)(C)C(N)c1ccccc1C1CCC1. The van der Waals surface area contributed by atoms with Crippen molar-refractivity contribution in [1.29, 1.82) is 0 Å². The zero-order valence-electron chi connectivity index (χ0n) is 11.8. The molecule has 1 atom stereocenters. The van der Waals surface area contributed by atoms with Crippen molar-refractivity contribution < 1.29 is 4.74 Å². The molecule has 0 amide bonds. The molecule has 0 aliphatic heterocycles. The lowest BCUT2D eigenvalue weighted by atomic mass is 9.75. The third-order valence-electron chi connectivity index (χ3n) is 4.14. The second-order valence-electron chi connectivity index (χ2n) is 5.77. The summed E-state index contributed by atoms with van der Waals surface area (Å²) in [5.74, 6) is 0.713. The molecule has 1 aliphatic rings. The first-order valence-corrected chi connectivity index (χ1v) is 7.04. The van der Waals surface area contributed by atoms with Gasteiger partial charge in [0.05, 0.1) is 11.6 Å². The first kappa shape index (κ1) is 13.6. The Balaban J connectivity index is 2.26. The smallest absolute Gasteiger partial charge is 0.0818 e. The van der Waals surface area contributed by atoms with Gasteiger partial charge in [-0.15, -0.1) is 0 Å². The van der Waals surface area contributed by atoms with E-state index < -0.39 is 0 Å². The van der Waals surface area contributed by atoms with Crippen molar-refractivity contribution in [3.8, 4) is 0 Å². The summed E-state index contributed by atoms with van der Waals surface area (Å²) in [6.45, 7) is 6.88. The van der Waals surface area contributed by atoms with Crippen molar-refractivity contribution >= 4 is 0 Å². The highest BCUT2D eigenvalue weighted by atomic mass is 16.5. The maximum absolute atomic E-state index is 6.45. The second kappa shape index (κ2) is 5.41. The first-order valence-electron chi connectivity index (χ1n) is 7.04. The summed E-state index contributed by atoms with van der Waals surface area (Å²) >= 11 is 0. The van der Waals surface area contributed by atoms with Gasteiger partial charge in [0.15, 0.2) is 0 Å². The molecule has 1 saturated carbocycles. The number of hydrogen-bond donors (Lipinski definition) is 1. The average molecular weight is 247 g/mol. The quantitative estimate of drug-likeness (QED) is 0.859. The van der Waals surface area contributed by atoms with Crippen LogP contribution in [0.5, 0.6) is 0 Å². The number of hydrogen-bond acceptors (Lipinski definition) is 2. The highest BCUT2D eigenvalue weighted by molar-refractivity contribution is 5.35. The number of rotatable bonds is 5. The highest BCUT2D eigenvalue weighted by Gasteiger charge is 2.32. The minimum atomic E-state index is -0.311. The first-order chi connectivity index (χ1) is 8.56. The van der Waals surface area contributed by atoms with Gasteiger partial charge in [-0.2, -0.15) is 0 Å². The molecule has 2 N–H and O–H groups in total. The molecule has 0 spiro atoms. The summed E-state index contributed by atoms with van der Waals surface area (Å²) in [4.78, 5) is 0. The lowest BCUT2D eigenvalue weighted by Gasteiger charge is -2.35. The molecule has 1 fully saturated rings. The molecule has 0 radical (unpaired) electrons. The van der Waals surface area contributed by atoms with Crippen LogP contribution in [0.1, 0.15) is 63.1 Å². The van der Waals surface area contributed by atoms with Gasteiger partial charge < -0.3 is 10.5 Å². The van der Waals surface area contributed by atoms with Crippen LogP contribution in [0.25, 0.3) is 0 Å². The monoisotopic (exact) mass is 247 g/mol. The van der Waals surface area contributed by atoms with Gasteiger partial charge in [-0.25, -0.2) is 0 Å². The Kier molecular flexibility index (Phi) is 4.08. The predicted octanol–water partition coefficient (Wildman–Crippen LogP) is 3.77. The van der Waals surface area contributed by atoms with E-state index in [0.717, 1.165) is 0 Å². The van der Waals surface area contributed by atoms with Crippen LogP contribution in [-0.2, 0) is 4.74 Å². The maximum Gasteiger partial charge on any atom is 0.0818 e. The Morgan fingerprint density at radius 2 is 2.00 bits per heavy atom. The van der Waals surface area contributed by atoms with Crippen molar-refractivity contribution in [1.82, 2.24) is 0 Å². The summed E-state index contributed by atoms with van der Waals surface area (Å²) in [6.07, 6.45) is 3.96. The molecule has 0 aromatic heterocycles. The standard InChI is InChI=1S/C16H25NO/c1-4-18-16(2,3)15(17)14-11-6-5-10-13(14)12-8-7-9-12/h5-6,10-12,15H,4,7-9,17H2,1-3H3. The molecule has 1 unspecified atom stereocenters.